The maximum absolute atomic E-state index is 9.03. The van der Waals surface area contributed by atoms with Crippen LogP contribution in [0, 0.1) is 0 Å². The van der Waals surface area contributed by atoms with Crippen molar-refractivity contribution in [3.63, 3.8) is 0 Å². The number of ether oxygens (including phenoxy) is 1. The summed E-state index contributed by atoms with van der Waals surface area (Å²) in [4.78, 5) is 13.9. The Morgan fingerprint density at radius 1 is 0.815 bits per heavy atom. The number of H-pyrrole nitrogens is 2. The number of hydrogen-bond donors (Lipinski definition) is 3. The van der Waals surface area contributed by atoms with Crippen molar-refractivity contribution in [3.05, 3.63) is 78.5 Å². The van der Waals surface area contributed by atoms with Gasteiger partial charge in [0.05, 0.1) is 0 Å². The summed E-state index contributed by atoms with van der Waals surface area (Å²) in [6.45, 7) is 0. The summed E-state index contributed by atoms with van der Waals surface area (Å²) in [6, 6.07) is 16.5. The van der Waals surface area contributed by atoms with Gasteiger partial charge in [0, 0.05) is 40.3 Å². The molecule has 7 heteroatoms. The highest BCUT2D eigenvalue weighted by atomic mass is 35.5. The van der Waals surface area contributed by atoms with Crippen LogP contribution in [0.5, 0.6) is 17.4 Å². The standard InChI is InChI=1S/C12H8ClN3O.C8H7NO/c13-11-6-12(16-7-15-11)17-9-1-2-10-8(5-9)3-4-14-10;10-7-1-2-8-6(5-7)3-4-9-8/h1-7,14H;1-5,9-10H. The second-order valence-electron chi connectivity index (χ2n) is 5.76. The van der Waals surface area contributed by atoms with Gasteiger partial charge in [0.15, 0.2) is 0 Å². The lowest BCUT2D eigenvalue weighted by atomic mass is 10.2. The van der Waals surface area contributed by atoms with E-state index in [1.54, 1.807) is 18.2 Å². The van der Waals surface area contributed by atoms with Gasteiger partial charge >= 0.3 is 0 Å². The lowest BCUT2D eigenvalue weighted by Crippen LogP contribution is -1.88. The number of aromatic hydroxyl groups is 1. The summed E-state index contributed by atoms with van der Waals surface area (Å²) in [6.07, 6.45) is 5.10. The minimum atomic E-state index is 0.312. The summed E-state index contributed by atoms with van der Waals surface area (Å²) in [5, 5.41) is 11.5. The number of benzene rings is 2. The van der Waals surface area contributed by atoms with E-state index in [0.29, 0.717) is 22.5 Å². The molecule has 0 saturated heterocycles. The molecule has 0 aliphatic rings. The van der Waals surface area contributed by atoms with Crippen molar-refractivity contribution in [3.8, 4) is 17.4 Å². The molecular formula is C20H15ClN4O2. The second kappa shape index (κ2) is 7.39. The van der Waals surface area contributed by atoms with Crippen LogP contribution in [0.2, 0.25) is 5.15 Å². The Kier molecular flexibility index (Phi) is 4.63. The van der Waals surface area contributed by atoms with Crippen molar-refractivity contribution in [2.24, 2.45) is 0 Å². The minimum absolute atomic E-state index is 0.312. The van der Waals surface area contributed by atoms with Gasteiger partial charge < -0.3 is 19.8 Å². The summed E-state index contributed by atoms with van der Waals surface area (Å²) in [5.74, 6) is 1.46. The zero-order valence-electron chi connectivity index (χ0n) is 14.1. The van der Waals surface area contributed by atoms with E-state index in [0.717, 1.165) is 21.8 Å². The smallest absolute Gasteiger partial charge is 0.223 e. The molecule has 2 aromatic carbocycles. The second-order valence-corrected chi connectivity index (χ2v) is 6.14. The van der Waals surface area contributed by atoms with E-state index in [1.165, 1.54) is 6.33 Å². The molecule has 0 radical (unpaired) electrons. The van der Waals surface area contributed by atoms with Crippen molar-refractivity contribution in [1.29, 1.82) is 0 Å². The fraction of sp³-hybridized carbons (Fsp3) is 0. The van der Waals surface area contributed by atoms with Crippen LogP contribution in [-0.2, 0) is 0 Å². The molecule has 5 rings (SSSR count). The molecule has 6 nitrogen and oxygen atoms in total. The molecule has 5 aromatic rings. The Balaban J connectivity index is 0.000000153. The molecule has 3 aromatic heterocycles. The number of phenols is 1. The van der Waals surface area contributed by atoms with Crippen LogP contribution in [0.25, 0.3) is 21.8 Å². The number of phenolic OH excluding ortho intramolecular Hbond substituents is 1. The number of fused-ring (bicyclic) bond motifs is 2. The molecule has 0 unspecified atom stereocenters. The predicted molar refractivity (Wildman–Crippen MR) is 105 cm³/mol. The predicted octanol–water partition coefficient (Wildman–Crippen LogP) is 5.28. The first kappa shape index (κ1) is 16.9. The number of hydrogen-bond acceptors (Lipinski definition) is 4. The Bertz CT molecular complexity index is 1200. The minimum Gasteiger partial charge on any atom is -0.508 e. The fourth-order valence-electron chi connectivity index (χ4n) is 2.63. The maximum Gasteiger partial charge on any atom is 0.223 e. The average molecular weight is 379 g/mol. The van der Waals surface area contributed by atoms with Crippen molar-refractivity contribution in [1.82, 2.24) is 19.9 Å². The molecule has 0 bridgehead atoms. The molecule has 0 atom stereocenters. The van der Waals surface area contributed by atoms with Crippen LogP contribution in [0.3, 0.4) is 0 Å². The van der Waals surface area contributed by atoms with Crippen molar-refractivity contribution >= 4 is 33.4 Å². The molecule has 3 heterocycles. The number of aromatic nitrogens is 4. The molecular weight excluding hydrogens is 364 g/mol. The van der Waals surface area contributed by atoms with Gasteiger partial charge in [-0.15, -0.1) is 0 Å². The molecule has 0 fully saturated rings. The van der Waals surface area contributed by atoms with E-state index < -0.39 is 0 Å². The highest BCUT2D eigenvalue weighted by molar-refractivity contribution is 6.29. The van der Waals surface area contributed by atoms with Gasteiger partial charge in [0.25, 0.3) is 0 Å². The molecule has 0 aliphatic carbocycles. The molecule has 3 N–H and O–H groups in total. The lowest BCUT2D eigenvalue weighted by Gasteiger charge is -2.04. The van der Waals surface area contributed by atoms with Crippen LogP contribution in [0.1, 0.15) is 0 Å². The van der Waals surface area contributed by atoms with Crippen LogP contribution < -0.4 is 4.74 Å². The third-order valence-corrected chi connectivity index (χ3v) is 4.10. The van der Waals surface area contributed by atoms with Crippen molar-refractivity contribution < 1.29 is 9.84 Å². The van der Waals surface area contributed by atoms with E-state index in [2.05, 4.69) is 19.9 Å². The summed E-state index contributed by atoms with van der Waals surface area (Å²) >= 11 is 5.75. The molecule has 0 saturated carbocycles. The van der Waals surface area contributed by atoms with E-state index in [4.69, 9.17) is 21.4 Å². The quantitative estimate of drug-likeness (QED) is 0.365. The van der Waals surface area contributed by atoms with Crippen LogP contribution >= 0.6 is 11.6 Å². The summed E-state index contributed by atoms with van der Waals surface area (Å²) in [7, 11) is 0. The van der Waals surface area contributed by atoms with Gasteiger partial charge in [-0.2, -0.15) is 0 Å². The molecule has 134 valence electrons. The van der Waals surface area contributed by atoms with Gasteiger partial charge in [-0.05, 0) is 48.5 Å². The summed E-state index contributed by atoms with van der Waals surface area (Å²) < 4.78 is 5.59. The highest BCUT2D eigenvalue weighted by Crippen LogP contribution is 2.24. The number of rotatable bonds is 2. The van der Waals surface area contributed by atoms with E-state index >= 15 is 0 Å². The molecule has 27 heavy (non-hydrogen) atoms. The first-order valence-electron chi connectivity index (χ1n) is 8.16. The third-order valence-electron chi connectivity index (χ3n) is 3.89. The van der Waals surface area contributed by atoms with Gasteiger partial charge in [0.2, 0.25) is 5.88 Å². The zero-order valence-corrected chi connectivity index (χ0v) is 14.8. The SMILES string of the molecule is Clc1cc(Oc2ccc3[nH]ccc3c2)ncn1.Oc1ccc2[nH]ccc2c1. The summed E-state index contributed by atoms with van der Waals surface area (Å²) in [5.41, 5.74) is 2.12. The van der Waals surface area contributed by atoms with Crippen molar-refractivity contribution in [2.75, 3.05) is 0 Å². The number of halogens is 1. The van der Waals surface area contributed by atoms with Gasteiger partial charge in [-0.25, -0.2) is 9.97 Å². The number of nitrogens with zero attached hydrogens (tertiary/aromatic N) is 2. The van der Waals surface area contributed by atoms with Crippen LogP contribution in [-0.4, -0.2) is 25.0 Å². The zero-order chi connectivity index (χ0) is 18.6. The Hall–Kier alpha value is -3.51. The van der Waals surface area contributed by atoms with E-state index in [-0.39, 0.29) is 0 Å². The lowest BCUT2D eigenvalue weighted by molar-refractivity contribution is 0.462. The van der Waals surface area contributed by atoms with Gasteiger partial charge in [0.1, 0.15) is 23.0 Å². The fourth-order valence-corrected chi connectivity index (χ4v) is 2.77. The Morgan fingerprint density at radius 3 is 2.26 bits per heavy atom. The molecule has 0 aliphatic heterocycles. The van der Waals surface area contributed by atoms with Crippen LogP contribution in [0.4, 0.5) is 0 Å². The van der Waals surface area contributed by atoms with E-state index in [9.17, 15) is 0 Å². The maximum atomic E-state index is 9.03. The third kappa shape index (κ3) is 4.02. The van der Waals surface area contributed by atoms with Gasteiger partial charge in [-0.3, -0.25) is 0 Å². The monoisotopic (exact) mass is 378 g/mol. The molecule has 0 spiro atoms. The topological polar surface area (TPSA) is 86.8 Å². The normalized spacial score (nSPS) is 10.6. The number of nitrogens with one attached hydrogen (secondary N) is 2. The molecule has 0 amide bonds. The number of aromatic amines is 2. The largest absolute Gasteiger partial charge is 0.508 e. The Labute approximate surface area is 159 Å². The van der Waals surface area contributed by atoms with Crippen molar-refractivity contribution in [2.45, 2.75) is 0 Å². The highest BCUT2D eigenvalue weighted by Gasteiger charge is 2.02. The first-order valence-corrected chi connectivity index (χ1v) is 8.54. The van der Waals surface area contributed by atoms with Gasteiger partial charge in [-0.1, -0.05) is 11.6 Å². The average Bonchev–Trinajstić information content (AvgIpc) is 3.30. The van der Waals surface area contributed by atoms with E-state index in [1.807, 2.05) is 48.8 Å². The first-order chi connectivity index (χ1) is 13.2. The van der Waals surface area contributed by atoms with Crippen LogP contribution in [0.15, 0.2) is 73.3 Å². The Morgan fingerprint density at radius 2 is 1.52 bits per heavy atom.